The third-order valence-corrected chi connectivity index (χ3v) is 7.47. The highest BCUT2D eigenvalue weighted by Gasteiger charge is 2.53. The van der Waals surface area contributed by atoms with Crippen molar-refractivity contribution in [3.63, 3.8) is 0 Å². The molecule has 1 fully saturated rings. The fourth-order valence-corrected chi connectivity index (χ4v) is 5.68. The van der Waals surface area contributed by atoms with Gasteiger partial charge < -0.3 is 5.11 Å². The SMILES string of the molecule is O=C(O)C1=C(/C=C/c2ccc(C[n+]3ccccc3)cc2)CSC2C(NCc3ccccc3)C(=O)N12. The molecule has 0 aliphatic carbocycles. The molecule has 2 aromatic carbocycles. The lowest BCUT2D eigenvalue weighted by Crippen LogP contribution is -2.69. The summed E-state index contributed by atoms with van der Waals surface area (Å²) in [5.41, 5.74) is 3.99. The normalized spacial score (nSPS) is 19.5. The molecule has 1 amide bonds. The first-order chi connectivity index (χ1) is 17.1. The third kappa shape index (κ3) is 5.06. The van der Waals surface area contributed by atoms with Crippen molar-refractivity contribution in [3.8, 4) is 0 Å². The molecule has 1 saturated heterocycles. The maximum absolute atomic E-state index is 12.9. The van der Waals surface area contributed by atoms with Gasteiger partial charge in [-0.25, -0.2) is 9.36 Å². The van der Waals surface area contributed by atoms with Crippen LogP contribution in [0.2, 0.25) is 0 Å². The number of rotatable bonds is 8. The molecule has 0 bridgehead atoms. The van der Waals surface area contributed by atoms with E-state index in [1.54, 1.807) is 11.8 Å². The van der Waals surface area contributed by atoms with Gasteiger partial charge in [-0.15, -0.1) is 11.8 Å². The molecule has 3 aromatic rings. The number of pyridine rings is 1. The molecule has 2 N–H and O–H groups in total. The minimum atomic E-state index is -1.07. The zero-order valence-corrected chi connectivity index (χ0v) is 19.9. The van der Waals surface area contributed by atoms with E-state index in [-0.39, 0.29) is 23.0 Å². The molecule has 2 aliphatic heterocycles. The van der Waals surface area contributed by atoms with Gasteiger partial charge >= 0.3 is 5.97 Å². The molecule has 35 heavy (non-hydrogen) atoms. The predicted molar refractivity (Wildman–Crippen MR) is 136 cm³/mol. The van der Waals surface area contributed by atoms with Crippen LogP contribution in [0.25, 0.3) is 6.08 Å². The topological polar surface area (TPSA) is 73.5 Å². The van der Waals surface area contributed by atoms with Crippen molar-refractivity contribution in [3.05, 3.63) is 119 Å². The molecule has 7 heteroatoms. The van der Waals surface area contributed by atoms with E-state index in [1.165, 1.54) is 10.5 Å². The second kappa shape index (κ2) is 10.3. The zero-order valence-electron chi connectivity index (χ0n) is 19.1. The number of aromatic nitrogens is 1. The Bertz CT molecular complexity index is 1270. The lowest BCUT2D eigenvalue weighted by Gasteiger charge is -2.49. The lowest BCUT2D eigenvalue weighted by atomic mass is 10.0. The molecule has 2 unspecified atom stereocenters. The molecular weight excluding hydrogens is 458 g/mol. The van der Waals surface area contributed by atoms with Crippen LogP contribution in [0.4, 0.5) is 0 Å². The van der Waals surface area contributed by atoms with E-state index in [0.29, 0.717) is 17.9 Å². The molecule has 0 spiro atoms. The van der Waals surface area contributed by atoms with Crippen LogP contribution in [-0.4, -0.2) is 39.1 Å². The minimum absolute atomic E-state index is 0.0878. The second-order valence-electron chi connectivity index (χ2n) is 8.56. The van der Waals surface area contributed by atoms with E-state index in [1.807, 2.05) is 85.2 Å². The average Bonchev–Trinajstić information content (AvgIpc) is 2.89. The van der Waals surface area contributed by atoms with Crippen molar-refractivity contribution in [2.24, 2.45) is 0 Å². The standard InChI is InChI=1S/C28H25N3O3S/c32-26-24(29-17-21-7-3-1-4-8-21)27-31(26)25(28(33)34)23(19-35-27)14-13-20-9-11-22(12-10-20)18-30-15-5-2-6-16-30/h1-16,24,27,29H,17-19H2/p+1/b14-13+. The Morgan fingerprint density at radius 2 is 1.71 bits per heavy atom. The van der Waals surface area contributed by atoms with Gasteiger partial charge in [0.25, 0.3) is 0 Å². The number of carbonyl (C=O) groups is 2. The van der Waals surface area contributed by atoms with Crippen LogP contribution >= 0.6 is 11.8 Å². The van der Waals surface area contributed by atoms with E-state index in [0.717, 1.165) is 17.7 Å². The molecule has 3 heterocycles. The summed E-state index contributed by atoms with van der Waals surface area (Å²) in [6.45, 7) is 1.35. The summed E-state index contributed by atoms with van der Waals surface area (Å²) in [4.78, 5) is 26.4. The maximum Gasteiger partial charge on any atom is 0.352 e. The highest BCUT2D eigenvalue weighted by molar-refractivity contribution is 8.00. The van der Waals surface area contributed by atoms with Crippen molar-refractivity contribution in [1.82, 2.24) is 10.2 Å². The summed E-state index contributed by atoms with van der Waals surface area (Å²) in [5.74, 6) is -0.719. The molecule has 2 atom stereocenters. The van der Waals surface area contributed by atoms with Crippen LogP contribution in [0.5, 0.6) is 0 Å². The van der Waals surface area contributed by atoms with Gasteiger partial charge in [-0.3, -0.25) is 15.0 Å². The summed E-state index contributed by atoms with van der Waals surface area (Å²) in [5, 5.41) is 13.0. The van der Waals surface area contributed by atoms with Gasteiger partial charge in [0.05, 0.1) is 0 Å². The van der Waals surface area contributed by atoms with Crippen LogP contribution in [-0.2, 0) is 22.7 Å². The van der Waals surface area contributed by atoms with E-state index in [4.69, 9.17) is 0 Å². The number of β-lactam (4-membered cyclic amide) rings is 1. The minimum Gasteiger partial charge on any atom is -0.477 e. The first-order valence-electron chi connectivity index (χ1n) is 11.5. The van der Waals surface area contributed by atoms with E-state index >= 15 is 0 Å². The van der Waals surface area contributed by atoms with Crippen LogP contribution in [0.1, 0.15) is 16.7 Å². The molecule has 5 rings (SSSR count). The Hall–Kier alpha value is -3.68. The van der Waals surface area contributed by atoms with E-state index in [9.17, 15) is 14.7 Å². The number of benzene rings is 2. The summed E-state index contributed by atoms with van der Waals surface area (Å²) < 4.78 is 2.11. The summed E-state index contributed by atoms with van der Waals surface area (Å²) in [6, 6.07) is 23.7. The Morgan fingerprint density at radius 3 is 2.43 bits per heavy atom. The maximum atomic E-state index is 12.9. The highest BCUT2D eigenvalue weighted by atomic mass is 32.2. The summed E-state index contributed by atoms with van der Waals surface area (Å²) >= 11 is 1.60. The Kier molecular flexibility index (Phi) is 6.79. The van der Waals surface area contributed by atoms with Crippen molar-refractivity contribution in [2.45, 2.75) is 24.5 Å². The Labute approximate surface area is 208 Å². The fraction of sp³-hybridized carbons (Fsp3) is 0.179. The van der Waals surface area contributed by atoms with Crippen molar-refractivity contribution in [1.29, 1.82) is 0 Å². The van der Waals surface area contributed by atoms with Crippen molar-refractivity contribution in [2.75, 3.05) is 5.75 Å². The zero-order chi connectivity index (χ0) is 24.2. The van der Waals surface area contributed by atoms with Gasteiger partial charge in [0.2, 0.25) is 5.91 Å². The number of carbonyl (C=O) groups excluding carboxylic acids is 1. The van der Waals surface area contributed by atoms with Gasteiger partial charge in [0, 0.05) is 30.0 Å². The van der Waals surface area contributed by atoms with Crippen LogP contribution < -0.4 is 9.88 Å². The number of nitrogens with zero attached hydrogens (tertiary/aromatic N) is 2. The lowest BCUT2D eigenvalue weighted by molar-refractivity contribution is -0.688. The monoisotopic (exact) mass is 484 g/mol. The largest absolute Gasteiger partial charge is 0.477 e. The van der Waals surface area contributed by atoms with Crippen LogP contribution in [0.15, 0.2) is 103 Å². The van der Waals surface area contributed by atoms with Gasteiger partial charge in [-0.2, -0.15) is 0 Å². The number of aliphatic carboxylic acids is 1. The molecule has 0 radical (unpaired) electrons. The van der Waals surface area contributed by atoms with Crippen molar-refractivity contribution >= 4 is 29.7 Å². The number of fused-ring (bicyclic) bond motifs is 1. The average molecular weight is 485 g/mol. The van der Waals surface area contributed by atoms with Gasteiger partial charge in [-0.05, 0) is 16.7 Å². The predicted octanol–water partition coefficient (Wildman–Crippen LogP) is 3.45. The van der Waals surface area contributed by atoms with E-state index < -0.39 is 5.97 Å². The second-order valence-corrected chi connectivity index (χ2v) is 9.66. The first kappa shape index (κ1) is 23.1. The molecule has 176 valence electrons. The number of amides is 1. The summed E-state index contributed by atoms with van der Waals surface area (Å²) in [6.07, 6.45) is 7.79. The first-order valence-corrected chi connectivity index (χ1v) is 12.5. The van der Waals surface area contributed by atoms with Gasteiger partial charge in [0.1, 0.15) is 17.1 Å². The Morgan fingerprint density at radius 1 is 1.00 bits per heavy atom. The number of hydrogen-bond donors (Lipinski definition) is 2. The quantitative estimate of drug-likeness (QED) is 0.379. The summed E-state index contributed by atoms with van der Waals surface area (Å²) in [7, 11) is 0. The number of thioether (sulfide) groups is 1. The van der Waals surface area contributed by atoms with Gasteiger partial charge in [0.15, 0.2) is 18.9 Å². The number of carboxylic acid groups (broad SMARTS) is 1. The molecule has 1 aromatic heterocycles. The molecule has 6 nitrogen and oxygen atoms in total. The van der Waals surface area contributed by atoms with Crippen LogP contribution in [0.3, 0.4) is 0 Å². The van der Waals surface area contributed by atoms with Gasteiger partial charge in [-0.1, -0.05) is 72.8 Å². The number of hydrogen-bond acceptors (Lipinski definition) is 4. The smallest absolute Gasteiger partial charge is 0.352 e. The molecule has 0 saturated carbocycles. The highest BCUT2D eigenvalue weighted by Crippen LogP contribution is 2.40. The number of nitrogens with one attached hydrogen (secondary N) is 1. The molecular formula is C28H26N3O3S+. The van der Waals surface area contributed by atoms with E-state index in [2.05, 4.69) is 22.0 Å². The van der Waals surface area contributed by atoms with Crippen LogP contribution in [0, 0.1) is 0 Å². The molecule has 2 aliphatic rings. The number of allylic oxidation sites excluding steroid dienone is 1. The fourth-order valence-electron chi connectivity index (χ4n) is 4.33. The Balaban J connectivity index is 1.27. The number of carboxylic acids is 1. The third-order valence-electron chi connectivity index (χ3n) is 6.17. The van der Waals surface area contributed by atoms with Crippen molar-refractivity contribution < 1.29 is 19.3 Å².